The molecule has 2 aromatic carbocycles. The molecule has 2 aromatic rings. The fourth-order valence-electron chi connectivity index (χ4n) is 1.79. The molecule has 0 saturated heterocycles. The predicted octanol–water partition coefficient (Wildman–Crippen LogP) is 3.68. The minimum Gasteiger partial charge on any atom is -0.304 e. The average Bonchev–Trinajstić information content (AvgIpc) is 2.41. The second-order valence-corrected chi connectivity index (χ2v) is 4.21. The van der Waals surface area contributed by atoms with Crippen LogP contribution in [-0.2, 0) is 6.42 Å². The Bertz CT molecular complexity index is 436. The highest BCUT2D eigenvalue weighted by atomic mass is 35.5. The number of hydrogen-bond donors (Lipinski definition) is 1. The van der Waals surface area contributed by atoms with E-state index in [2.05, 4.69) is 53.8 Å². The summed E-state index contributed by atoms with van der Waals surface area (Å²) in [5.41, 5.74) is 3.86. The van der Waals surface area contributed by atoms with Crippen molar-refractivity contribution in [3.8, 4) is 11.1 Å². The summed E-state index contributed by atoms with van der Waals surface area (Å²) in [6, 6.07) is 19.6. The highest BCUT2D eigenvalue weighted by Gasteiger charge is 1.97. The van der Waals surface area contributed by atoms with Crippen LogP contribution in [0.2, 0.25) is 0 Å². The van der Waals surface area contributed by atoms with Crippen molar-refractivity contribution < 1.29 is 0 Å². The summed E-state index contributed by atoms with van der Waals surface area (Å²) in [5, 5.41) is 3.11. The maximum atomic E-state index is 5.56. The smallest absolute Gasteiger partial charge is 0.0713 e. The van der Waals surface area contributed by atoms with Crippen LogP contribution < -0.4 is 5.32 Å². The van der Waals surface area contributed by atoms with E-state index in [0.29, 0.717) is 6.00 Å². The maximum Gasteiger partial charge on any atom is 0.0713 e. The average molecular weight is 246 g/mol. The lowest BCUT2D eigenvalue weighted by molar-refractivity contribution is 0.770. The van der Waals surface area contributed by atoms with Crippen LogP contribution >= 0.6 is 11.6 Å². The Balaban J connectivity index is 2.03. The minimum absolute atomic E-state index is 0.516. The SMILES string of the molecule is ClCNCCc1ccc(-c2ccccc2)cc1. The first kappa shape index (κ1) is 12.2. The predicted molar refractivity (Wildman–Crippen MR) is 74.3 cm³/mol. The summed E-state index contributed by atoms with van der Waals surface area (Å²) in [7, 11) is 0. The number of rotatable bonds is 5. The molecule has 88 valence electrons. The van der Waals surface area contributed by atoms with E-state index in [1.165, 1.54) is 16.7 Å². The van der Waals surface area contributed by atoms with Gasteiger partial charge in [-0.3, -0.25) is 0 Å². The van der Waals surface area contributed by atoms with Crippen molar-refractivity contribution in [2.75, 3.05) is 12.5 Å². The first-order chi connectivity index (χ1) is 8.40. The summed E-state index contributed by atoms with van der Waals surface area (Å²) in [6.07, 6.45) is 1.02. The van der Waals surface area contributed by atoms with E-state index in [1.807, 2.05) is 6.07 Å². The van der Waals surface area contributed by atoms with Gasteiger partial charge in [0.1, 0.15) is 0 Å². The topological polar surface area (TPSA) is 12.0 Å². The van der Waals surface area contributed by atoms with Crippen molar-refractivity contribution >= 4 is 11.6 Å². The van der Waals surface area contributed by atoms with Crippen LogP contribution in [0, 0.1) is 0 Å². The first-order valence-electron chi connectivity index (χ1n) is 5.81. The fraction of sp³-hybridized carbons (Fsp3) is 0.200. The number of alkyl halides is 1. The second kappa shape index (κ2) is 6.43. The molecule has 17 heavy (non-hydrogen) atoms. The van der Waals surface area contributed by atoms with Crippen LogP contribution in [-0.4, -0.2) is 12.5 Å². The van der Waals surface area contributed by atoms with Gasteiger partial charge in [-0.1, -0.05) is 54.6 Å². The van der Waals surface area contributed by atoms with Crippen molar-refractivity contribution in [2.24, 2.45) is 0 Å². The molecule has 0 unspecified atom stereocenters. The van der Waals surface area contributed by atoms with Crippen LogP contribution in [0.1, 0.15) is 5.56 Å². The third-order valence-electron chi connectivity index (χ3n) is 2.75. The monoisotopic (exact) mass is 245 g/mol. The Morgan fingerprint density at radius 1 is 0.824 bits per heavy atom. The molecular formula is C15H16ClN. The van der Waals surface area contributed by atoms with Gasteiger partial charge >= 0.3 is 0 Å². The van der Waals surface area contributed by atoms with Crippen LogP contribution in [0.15, 0.2) is 54.6 Å². The minimum atomic E-state index is 0.516. The Kier molecular flexibility index (Phi) is 4.60. The Labute approximate surface area is 107 Å². The molecular weight excluding hydrogens is 230 g/mol. The van der Waals surface area contributed by atoms with Crippen LogP contribution in [0.25, 0.3) is 11.1 Å². The number of nitrogens with one attached hydrogen (secondary N) is 1. The van der Waals surface area contributed by atoms with E-state index in [9.17, 15) is 0 Å². The van der Waals surface area contributed by atoms with Gasteiger partial charge in [0.15, 0.2) is 0 Å². The number of benzene rings is 2. The summed E-state index contributed by atoms with van der Waals surface area (Å²) in [5.74, 6) is 0. The van der Waals surface area contributed by atoms with Crippen molar-refractivity contribution in [1.29, 1.82) is 0 Å². The summed E-state index contributed by atoms with van der Waals surface area (Å²) in [4.78, 5) is 0. The van der Waals surface area contributed by atoms with Crippen LogP contribution in [0.3, 0.4) is 0 Å². The molecule has 0 atom stereocenters. The summed E-state index contributed by atoms with van der Waals surface area (Å²) < 4.78 is 0. The lowest BCUT2D eigenvalue weighted by atomic mass is 10.0. The zero-order valence-electron chi connectivity index (χ0n) is 9.70. The molecule has 2 heteroatoms. The lowest BCUT2D eigenvalue weighted by Crippen LogP contribution is -2.14. The van der Waals surface area contributed by atoms with Gasteiger partial charge in [-0.2, -0.15) is 0 Å². The molecule has 2 rings (SSSR count). The van der Waals surface area contributed by atoms with Gasteiger partial charge in [0.05, 0.1) is 6.00 Å². The van der Waals surface area contributed by atoms with Crippen molar-refractivity contribution in [3.05, 3.63) is 60.2 Å². The molecule has 0 aliphatic heterocycles. The van der Waals surface area contributed by atoms with Gasteiger partial charge in [-0.05, 0) is 23.1 Å². The standard InChI is InChI=1S/C15H16ClN/c16-12-17-11-10-13-6-8-15(9-7-13)14-4-2-1-3-5-14/h1-9,17H,10-12H2. The second-order valence-electron chi connectivity index (χ2n) is 3.95. The van der Waals surface area contributed by atoms with Crippen LogP contribution in [0.5, 0.6) is 0 Å². The van der Waals surface area contributed by atoms with Gasteiger partial charge in [0, 0.05) is 6.54 Å². The van der Waals surface area contributed by atoms with E-state index in [4.69, 9.17) is 11.6 Å². The zero-order valence-corrected chi connectivity index (χ0v) is 10.5. The molecule has 0 aliphatic carbocycles. The molecule has 0 heterocycles. The summed E-state index contributed by atoms with van der Waals surface area (Å²) >= 11 is 5.56. The third-order valence-corrected chi connectivity index (χ3v) is 2.93. The molecule has 0 aromatic heterocycles. The van der Waals surface area contributed by atoms with E-state index >= 15 is 0 Å². The zero-order chi connectivity index (χ0) is 11.9. The van der Waals surface area contributed by atoms with Gasteiger partial charge in [-0.15, -0.1) is 11.6 Å². The Morgan fingerprint density at radius 2 is 1.47 bits per heavy atom. The quantitative estimate of drug-likeness (QED) is 0.481. The highest BCUT2D eigenvalue weighted by molar-refractivity contribution is 6.17. The van der Waals surface area contributed by atoms with Crippen molar-refractivity contribution in [1.82, 2.24) is 5.32 Å². The summed E-state index contributed by atoms with van der Waals surface area (Å²) in [6.45, 7) is 0.925. The number of hydrogen-bond acceptors (Lipinski definition) is 1. The van der Waals surface area contributed by atoms with Crippen molar-refractivity contribution in [3.63, 3.8) is 0 Å². The van der Waals surface area contributed by atoms with Gasteiger partial charge in [0.25, 0.3) is 0 Å². The van der Waals surface area contributed by atoms with Gasteiger partial charge in [0.2, 0.25) is 0 Å². The molecule has 0 amide bonds. The third kappa shape index (κ3) is 3.58. The molecule has 1 nitrogen and oxygen atoms in total. The fourth-order valence-corrected chi connectivity index (χ4v) is 1.93. The van der Waals surface area contributed by atoms with E-state index in [0.717, 1.165) is 13.0 Å². The molecule has 0 fully saturated rings. The lowest BCUT2D eigenvalue weighted by Gasteiger charge is -2.04. The van der Waals surface area contributed by atoms with Crippen LogP contribution in [0.4, 0.5) is 0 Å². The van der Waals surface area contributed by atoms with E-state index < -0.39 is 0 Å². The van der Waals surface area contributed by atoms with Crippen molar-refractivity contribution in [2.45, 2.75) is 6.42 Å². The highest BCUT2D eigenvalue weighted by Crippen LogP contribution is 2.19. The molecule has 0 bridgehead atoms. The number of halogens is 1. The largest absolute Gasteiger partial charge is 0.304 e. The van der Waals surface area contributed by atoms with E-state index in [-0.39, 0.29) is 0 Å². The molecule has 1 N–H and O–H groups in total. The Hall–Kier alpha value is -1.31. The Morgan fingerprint density at radius 3 is 2.12 bits per heavy atom. The molecule has 0 radical (unpaired) electrons. The first-order valence-corrected chi connectivity index (χ1v) is 6.34. The molecule has 0 aliphatic rings. The van der Waals surface area contributed by atoms with E-state index in [1.54, 1.807) is 0 Å². The maximum absolute atomic E-state index is 5.56. The normalized spacial score (nSPS) is 10.4. The van der Waals surface area contributed by atoms with Gasteiger partial charge in [-0.25, -0.2) is 0 Å². The molecule has 0 saturated carbocycles. The van der Waals surface area contributed by atoms with Gasteiger partial charge < -0.3 is 5.32 Å². The molecule has 0 spiro atoms.